The van der Waals surface area contributed by atoms with Crippen LogP contribution >= 0.6 is 0 Å². The maximum atomic E-state index is 11.6. The van der Waals surface area contributed by atoms with Gasteiger partial charge >= 0.3 is 5.97 Å². The number of anilines is 1. The number of hydrogen-bond donors (Lipinski definition) is 1. The molecular weight excluding hydrogens is 264 g/mol. The fraction of sp³-hybridized carbons (Fsp3) is 0.500. The van der Waals surface area contributed by atoms with E-state index in [2.05, 4.69) is 20.0 Å². The second-order valence-corrected chi connectivity index (χ2v) is 3.95. The van der Waals surface area contributed by atoms with Crippen LogP contribution in [0.1, 0.15) is 10.5 Å². The molecule has 1 heterocycles. The molecule has 20 heavy (non-hydrogen) atoms. The Morgan fingerprint density at radius 3 is 2.60 bits per heavy atom. The number of rotatable bonds is 7. The molecule has 0 unspecified atom stereocenters. The smallest absolute Gasteiger partial charge is 0.358 e. The number of nitrogens with one attached hydrogen (secondary N) is 1. The lowest BCUT2D eigenvalue weighted by Crippen LogP contribution is -2.37. The molecule has 1 N–H and O–H groups in total. The molecule has 0 fully saturated rings. The van der Waals surface area contributed by atoms with Crippen molar-refractivity contribution >= 4 is 17.7 Å². The van der Waals surface area contributed by atoms with E-state index >= 15 is 0 Å². The van der Waals surface area contributed by atoms with Gasteiger partial charge < -0.3 is 19.7 Å². The van der Waals surface area contributed by atoms with Gasteiger partial charge in [-0.25, -0.2) is 14.8 Å². The first-order valence-electron chi connectivity index (χ1n) is 5.95. The van der Waals surface area contributed by atoms with E-state index in [1.165, 1.54) is 19.5 Å². The fourth-order valence-electron chi connectivity index (χ4n) is 1.37. The van der Waals surface area contributed by atoms with Gasteiger partial charge in [-0.2, -0.15) is 0 Å². The molecule has 0 saturated heterocycles. The van der Waals surface area contributed by atoms with Crippen LogP contribution in [0.2, 0.25) is 0 Å². The molecule has 0 aliphatic carbocycles. The Bertz CT molecular complexity index is 449. The Balaban J connectivity index is 2.53. The Hall–Kier alpha value is -2.22. The van der Waals surface area contributed by atoms with Gasteiger partial charge in [0, 0.05) is 20.7 Å². The lowest BCUT2D eigenvalue weighted by atomic mass is 10.4. The standard InChI is InChI=1S/C12H18N4O4/c1-16(8-11(17)13-4-5-19-2)10-7-14-9(6-15-10)12(18)20-3/h6-7H,4-5,8H2,1-3H3,(H,13,17). The van der Waals surface area contributed by atoms with Gasteiger partial charge in [-0.3, -0.25) is 4.79 Å². The van der Waals surface area contributed by atoms with Crippen molar-refractivity contribution in [3.8, 4) is 0 Å². The number of hydrogen-bond acceptors (Lipinski definition) is 7. The summed E-state index contributed by atoms with van der Waals surface area (Å²) in [5.41, 5.74) is 0.120. The Labute approximate surface area is 117 Å². The van der Waals surface area contributed by atoms with E-state index in [9.17, 15) is 9.59 Å². The highest BCUT2D eigenvalue weighted by atomic mass is 16.5. The summed E-state index contributed by atoms with van der Waals surface area (Å²) in [5.74, 6) is -0.216. The van der Waals surface area contributed by atoms with Crippen molar-refractivity contribution in [1.82, 2.24) is 15.3 Å². The minimum Gasteiger partial charge on any atom is -0.464 e. The molecule has 0 aliphatic heterocycles. The molecule has 8 nitrogen and oxygen atoms in total. The van der Waals surface area contributed by atoms with E-state index in [0.29, 0.717) is 19.0 Å². The Morgan fingerprint density at radius 2 is 2.05 bits per heavy atom. The highest BCUT2D eigenvalue weighted by Crippen LogP contribution is 2.06. The van der Waals surface area contributed by atoms with E-state index in [1.807, 2.05) is 0 Å². The van der Waals surface area contributed by atoms with Gasteiger partial charge in [-0.05, 0) is 0 Å². The summed E-state index contributed by atoms with van der Waals surface area (Å²) in [5, 5.41) is 2.70. The SMILES string of the molecule is COCCNC(=O)CN(C)c1cnc(C(=O)OC)cn1. The van der Waals surface area contributed by atoms with Crippen molar-refractivity contribution in [2.75, 3.05) is 45.9 Å². The van der Waals surface area contributed by atoms with Crippen LogP contribution in [-0.4, -0.2) is 62.8 Å². The number of ether oxygens (including phenoxy) is 2. The summed E-state index contributed by atoms with van der Waals surface area (Å²) in [6.45, 7) is 1.05. The zero-order valence-corrected chi connectivity index (χ0v) is 11.8. The molecule has 0 atom stereocenters. The molecule has 1 amide bonds. The summed E-state index contributed by atoms with van der Waals surface area (Å²) in [4.78, 5) is 32.4. The maximum Gasteiger partial charge on any atom is 0.358 e. The van der Waals surface area contributed by atoms with Crippen LogP contribution in [0.4, 0.5) is 5.82 Å². The molecular formula is C12H18N4O4. The molecule has 1 rings (SSSR count). The second kappa shape index (κ2) is 8.05. The highest BCUT2D eigenvalue weighted by Gasteiger charge is 2.11. The van der Waals surface area contributed by atoms with E-state index in [-0.39, 0.29) is 18.1 Å². The molecule has 0 aliphatic rings. The van der Waals surface area contributed by atoms with E-state index < -0.39 is 5.97 Å². The summed E-state index contributed by atoms with van der Waals surface area (Å²) < 4.78 is 9.36. The van der Waals surface area contributed by atoms with Crippen LogP contribution in [0.3, 0.4) is 0 Å². The van der Waals surface area contributed by atoms with Crippen LogP contribution in [0.5, 0.6) is 0 Å². The lowest BCUT2D eigenvalue weighted by molar-refractivity contribution is -0.119. The predicted molar refractivity (Wildman–Crippen MR) is 71.5 cm³/mol. The second-order valence-electron chi connectivity index (χ2n) is 3.95. The monoisotopic (exact) mass is 282 g/mol. The highest BCUT2D eigenvalue weighted by molar-refractivity contribution is 5.86. The van der Waals surface area contributed by atoms with Crippen LogP contribution in [0, 0.1) is 0 Å². The number of esters is 1. The average Bonchev–Trinajstić information content (AvgIpc) is 2.46. The van der Waals surface area contributed by atoms with Crippen LogP contribution in [0.15, 0.2) is 12.4 Å². The van der Waals surface area contributed by atoms with Gasteiger partial charge in [0.15, 0.2) is 5.69 Å². The molecule has 0 aromatic carbocycles. The molecule has 110 valence electrons. The molecule has 8 heteroatoms. The Morgan fingerprint density at radius 1 is 1.30 bits per heavy atom. The van der Waals surface area contributed by atoms with E-state index in [4.69, 9.17) is 4.74 Å². The van der Waals surface area contributed by atoms with Gasteiger partial charge in [-0.15, -0.1) is 0 Å². The number of amides is 1. The molecule has 0 radical (unpaired) electrons. The van der Waals surface area contributed by atoms with Gasteiger partial charge in [0.1, 0.15) is 5.82 Å². The predicted octanol–water partition coefficient (Wildman–Crippen LogP) is -0.538. The van der Waals surface area contributed by atoms with E-state index in [1.54, 1.807) is 19.1 Å². The summed E-state index contributed by atoms with van der Waals surface area (Å²) in [6, 6.07) is 0. The molecule has 0 bridgehead atoms. The normalized spacial score (nSPS) is 9.95. The van der Waals surface area contributed by atoms with Crippen LogP contribution in [0.25, 0.3) is 0 Å². The largest absolute Gasteiger partial charge is 0.464 e. The summed E-state index contributed by atoms with van der Waals surface area (Å²) in [6.07, 6.45) is 2.72. The van der Waals surface area contributed by atoms with Gasteiger partial charge in [-0.1, -0.05) is 0 Å². The van der Waals surface area contributed by atoms with Gasteiger partial charge in [0.2, 0.25) is 5.91 Å². The number of carbonyl (C=O) groups is 2. The quantitative estimate of drug-likeness (QED) is 0.530. The minimum atomic E-state index is -0.552. The van der Waals surface area contributed by atoms with Gasteiger partial charge in [0.05, 0.1) is 32.7 Å². The number of likely N-dealkylation sites (N-methyl/N-ethyl adjacent to an activating group) is 1. The number of aromatic nitrogens is 2. The maximum absolute atomic E-state index is 11.6. The molecule has 1 aromatic rings. The lowest BCUT2D eigenvalue weighted by Gasteiger charge is -2.17. The molecule has 0 spiro atoms. The summed E-state index contributed by atoms with van der Waals surface area (Å²) >= 11 is 0. The van der Waals surface area contributed by atoms with Crippen LogP contribution in [-0.2, 0) is 14.3 Å². The third kappa shape index (κ3) is 4.81. The van der Waals surface area contributed by atoms with Crippen molar-refractivity contribution in [3.05, 3.63) is 18.1 Å². The van der Waals surface area contributed by atoms with Crippen LogP contribution < -0.4 is 10.2 Å². The van der Waals surface area contributed by atoms with E-state index in [0.717, 1.165) is 0 Å². The van der Waals surface area contributed by atoms with Crippen molar-refractivity contribution in [2.45, 2.75) is 0 Å². The first-order valence-corrected chi connectivity index (χ1v) is 5.95. The zero-order valence-electron chi connectivity index (χ0n) is 11.8. The topological polar surface area (TPSA) is 93.7 Å². The summed E-state index contributed by atoms with van der Waals surface area (Å²) in [7, 11) is 4.54. The van der Waals surface area contributed by atoms with Crippen molar-refractivity contribution in [3.63, 3.8) is 0 Å². The first kappa shape index (κ1) is 15.8. The minimum absolute atomic E-state index is 0.120. The third-order valence-corrected chi connectivity index (χ3v) is 2.43. The average molecular weight is 282 g/mol. The third-order valence-electron chi connectivity index (χ3n) is 2.43. The van der Waals surface area contributed by atoms with Gasteiger partial charge in [0.25, 0.3) is 0 Å². The molecule has 0 saturated carbocycles. The first-order chi connectivity index (χ1) is 9.58. The molecule has 1 aromatic heterocycles. The van der Waals surface area contributed by atoms with Crippen molar-refractivity contribution in [1.29, 1.82) is 0 Å². The number of methoxy groups -OCH3 is 2. The zero-order chi connectivity index (χ0) is 15.0. The Kier molecular flexibility index (Phi) is 6.38. The number of carbonyl (C=O) groups excluding carboxylic acids is 2. The van der Waals surface area contributed by atoms with Crippen molar-refractivity contribution in [2.24, 2.45) is 0 Å². The van der Waals surface area contributed by atoms with Crippen molar-refractivity contribution < 1.29 is 19.1 Å². The number of nitrogens with zero attached hydrogens (tertiary/aromatic N) is 3. The fourth-order valence-corrected chi connectivity index (χ4v) is 1.37.